The van der Waals surface area contributed by atoms with Gasteiger partial charge in [0.1, 0.15) is 5.54 Å². The molecule has 2 rings (SSSR count). The summed E-state index contributed by atoms with van der Waals surface area (Å²) in [6.45, 7) is 3.57. The molecule has 0 aromatic carbocycles. The smallest absolute Gasteiger partial charge is 0.133 e. The van der Waals surface area contributed by atoms with E-state index < -0.39 is 0 Å². The van der Waals surface area contributed by atoms with Crippen LogP contribution in [-0.4, -0.2) is 24.8 Å². The predicted octanol–water partition coefficient (Wildman–Crippen LogP) is 2.62. The fourth-order valence-corrected chi connectivity index (χ4v) is 2.29. The summed E-state index contributed by atoms with van der Waals surface area (Å²) in [6, 6.07) is 3.08. The molecule has 3 heteroatoms. The summed E-state index contributed by atoms with van der Waals surface area (Å²) in [7, 11) is 0. The third-order valence-electron chi connectivity index (χ3n) is 3.73. The molecule has 1 N–H and O–H groups in total. The molecular weight excluding hydrogens is 212 g/mol. The Bertz CT molecular complexity index is 278. The van der Waals surface area contributed by atoms with Crippen molar-refractivity contribution in [2.24, 2.45) is 5.92 Å². The molecule has 0 aromatic rings. The number of ether oxygens (including phenoxy) is 1. The van der Waals surface area contributed by atoms with Crippen molar-refractivity contribution in [3.05, 3.63) is 0 Å². The lowest BCUT2D eigenvalue weighted by Crippen LogP contribution is -2.51. The maximum Gasteiger partial charge on any atom is 0.133 e. The van der Waals surface area contributed by atoms with Gasteiger partial charge in [0.15, 0.2) is 0 Å². The first-order valence-electron chi connectivity index (χ1n) is 7.07. The molecule has 0 spiro atoms. The first-order valence-corrected chi connectivity index (χ1v) is 7.07. The minimum Gasteiger partial charge on any atom is -0.378 e. The highest BCUT2D eigenvalue weighted by Gasteiger charge is 2.48. The van der Waals surface area contributed by atoms with Crippen LogP contribution >= 0.6 is 0 Å². The van der Waals surface area contributed by atoms with Gasteiger partial charge in [0.25, 0.3) is 0 Å². The Kier molecular flexibility index (Phi) is 4.42. The minimum absolute atomic E-state index is 0.382. The zero-order chi connectivity index (χ0) is 12.1. The van der Waals surface area contributed by atoms with Gasteiger partial charge in [-0.2, -0.15) is 5.26 Å². The molecule has 0 radical (unpaired) electrons. The number of unbranched alkanes of at least 4 members (excludes halogenated alkanes) is 2. The van der Waals surface area contributed by atoms with Gasteiger partial charge in [0.05, 0.1) is 12.7 Å². The van der Waals surface area contributed by atoms with Crippen LogP contribution in [0.2, 0.25) is 0 Å². The number of nitrogens with zero attached hydrogens (tertiary/aromatic N) is 1. The van der Waals surface area contributed by atoms with E-state index >= 15 is 0 Å². The van der Waals surface area contributed by atoms with E-state index in [-0.39, 0.29) is 5.54 Å². The summed E-state index contributed by atoms with van der Waals surface area (Å²) < 4.78 is 5.74. The average molecular weight is 236 g/mol. The molecule has 0 heterocycles. The van der Waals surface area contributed by atoms with E-state index in [1.807, 2.05) is 0 Å². The average Bonchev–Trinajstić information content (AvgIpc) is 3.18. The number of nitrogens with one attached hydrogen (secondary N) is 1. The SMILES string of the molecule is CCCCCOCC(C#N)(NC1CC1)C1CC1. The maximum absolute atomic E-state index is 9.47. The van der Waals surface area contributed by atoms with Crippen molar-refractivity contribution in [2.45, 2.75) is 63.5 Å². The van der Waals surface area contributed by atoms with Crippen LogP contribution in [0.3, 0.4) is 0 Å². The predicted molar refractivity (Wildman–Crippen MR) is 67.6 cm³/mol. The molecule has 0 aromatic heterocycles. The molecule has 2 aliphatic carbocycles. The van der Waals surface area contributed by atoms with Crippen molar-refractivity contribution in [3.63, 3.8) is 0 Å². The highest BCUT2D eigenvalue weighted by Crippen LogP contribution is 2.41. The molecule has 1 atom stereocenters. The lowest BCUT2D eigenvalue weighted by Gasteiger charge is -2.28. The van der Waals surface area contributed by atoms with E-state index in [4.69, 9.17) is 4.74 Å². The van der Waals surface area contributed by atoms with Gasteiger partial charge in [-0.15, -0.1) is 0 Å². The van der Waals surface area contributed by atoms with Crippen molar-refractivity contribution in [2.75, 3.05) is 13.2 Å². The molecule has 3 nitrogen and oxygen atoms in total. The molecule has 17 heavy (non-hydrogen) atoms. The summed E-state index contributed by atoms with van der Waals surface area (Å²) in [4.78, 5) is 0. The highest BCUT2D eigenvalue weighted by atomic mass is 16.5. The Hall–Kier alpha value is -0.590. The van der Waals surface area contributed by atoms with Crippen LogP contribution in [0.1, 0.15) is 51.9 Å². The van der Waals surface area contributed by atoms with Crippen molar-refractivity contribution >= 4 is 0 Å². The zero-order valence-electron chi connectivity index (χ0n) is 10.9. The Morgan fingerprint density at radius 1 is 1.29 bits per heavy atom. The van der Waals surface area contributed by atoms with Crippen LogP contribution in [0, 0.1) is 17.2 Å². The molecule has 2 saturated carbocycles. The third kappa shape index (κ3) is 3.69. The normalized spacial score (nSPS) is 23.1. The van der Waals surface area contributed by atoms with Gasteiger partial charge in [-0.3, -0.25) is 5.32 Å². The third-order valence-corrected chi connectivity index (χ3v) is 3.73. The standard InChI is InChI=1S/C14H24N2O/c1-2-3-4-9-17-11-14(10-15,12-5-6-12)16-13-7-8-13/h12-13,16H,2-9,11H2,1H3. The second-order valence-electron chi connectivity index (χ2n) is 5.54. The lowest BCUT2D eigenvalue weighted by molar-refractivity contribution is 0.0774. The van der Waals surface area contributed by atoms with Crippen molar-refractivity contribution in [1.82, 2.24) is 5.32 Å². The molecule has 0 saturated heterocycles. The van der Waals surface area contributed by atoms with Crippen molar-refractivity contribution in [1.29, 1.82) is 5.26 Å². The Labute approximate surface area is 105 Å². The maximum atomic E-state index is 9.47. The lowest BCUT2D eigenvalue weighted by atomic mass is 9.96. The molecular formula is C14H24N2O. The fourth-order valence-electron chi connectivity index (χ4n) is 2.29. The van der Waals surface area contributed by atoms with Gasteiger partial charge in [-0.05, 0) is 38.0 Å². The van der Waals surface area contributed by atoms with E-state index in [1.165, 1.54) is 38.5 Å². The Morgan fingerprint density at radius 3 is 2.59 bits per heavy atom. The number of hydrogen-bond donors (Lipinski definition) is 1. The number of hydrogen-bond acceptors (Lipinski definition) is 3. The van der Waals surface area contributed by atoms with E-state index in [9.17, 15) is 5.26 Å². The summed E-state index contributed by atoms with van der Waals surface area (Å²) in [5.74, 6) is 0.527. The Morgan fingerprint density at radius 2 is 2.06 bits per heavy atom. The van der Waals surface area contributed by atoms with E-state index in [0.29, 0.717) is 18.6 Å². The van der Waals surface area contributed by atoms with Crippen LogP contribution in [-0.2, 0) is 4.74 Å². The van der Waals surface area contributed by atoms with E-state index in [1.54, 1.807) is 0 Å². The van der Waals surface area contributed by atoms with Gasteiger partial charge in [-0.25, -0.2) is 0 Å². The summed E-state index contributed by atoms with van der Waals surface area (Å²) in [5.41, 5.74) is -0.382. The quantitative estimate of drug-likeness (QED) is 0.626. The second kappa shape index (κ2) is 5.84. The van der Waals surface area contributed by atoms with Gasteiger partial charge in [-0.1, -0.05) is 19.8 Å². The van der Waals surface area contributed by atoms with Gasteiger partial charge < -0.3 is 4.74 Å². The highest BCUT2D eigenvalue weighted by molar-refractivity contribution is 5.17. The van der Waals surface area contributed by atoms with Crippen LogP contribution in [0.4, 0.5) is 0 Å². The first-order chi connectivity index (χ1) is 8.30. The van der Waals surface area contributed by atoms with Crippen molar-refractivity contribution in [3.8, 4) is 6.07 Å². The number of nitriles is 1. The van der Waals surface area contributed by atoms with Crippen LogP contribution < -0.4 is 5.32 Å². The van der Waals surface area contributed by atoms with Gasteiger partial charge >= 0.3 is 0 Å². The van der Waals surface area contributed by atoms with Crippen LogP contribution in [0.15, 0.2) is 0 Å². The van der Waals surface area contributed by atoms with Gasteiger partial charge in [0, 0.05) is 12.6 Å². The number of rotatable bonds is 9. The molecule has 2 fully saturated rings. The largest absolute Gasteiger partial charge is 0.378 e. The monoisotopic (exact) mass is 236 g/mol. The first kappa shape index (κ1) is 12.9. The van der Waals surface area contributed by atoms with Crippen molar-refractivity contribution < 1.29 is 4.74 Å². The van der Waals surface area contributed by atoms with Crippen LogP contribution in [0.5, 0.6) is 0 Å². The minimum atomic E-state index is -0.382. The van der Waals surface area contributed by atoms with Gasteiger partial charge in [0.2, 0.25) is 0 Å². The molecule has 0 bridgehead atoms. The topological polar surface area (TPSA) is 45.0 Å². The summed E-state index contributed by atoms with van der Waals surface area (Å²) >= 11 is 0. The summed E-state index contributed by atoms with van der Waals surface area (Å²) in [5, 5.41) is 13.0. The molecule has 1 unspecified atom stereocenters. The Balaban J connectivity index is 1.76. The zero-order valence-corrected chi connectivity index (χ0v) is 10.9. The van der Waals surface area contributed by atoms with E-state index in [0.717, 1.165) is 13.0 Å². The van der Waals surface area contributed by atoms with Crippen LogP contribution in [0.25, 0.3) is 0 Å². The molecule has 96 valence electrons. The second-order valence-corrected chi connectivity index (χ2v) is 5.54. The van der Waals surface area contributed by atoms with E-state index in [2.05, 4.69) is 18.3 Å². The summed E-state index contributed by atoms with van der Waals surface area (Å²) in [6.07, 6.45) is 8.38. The molecule has 0 aliphatic heterocycles. The molecule has 2 aliphatic rings. The molecule has 0 amide bonds. The fraction of sp³-hybridized carbons (Fsp3) is 0.929.